The van der Waals surface area contributed by atoms with Crippen LogP contribution in [-0.4, -0.2) is 5.91 Å². The Balaban J connectivity index is 2.52. The zero-order valence-electron chi connectivity index (χ0n) is 8.70. The molecule has 0 spiro atoms. The van der Waals surface area contributed by atoms with Crippen LogP contribution in [0.4, 0.5) is 0 Å². The summed E-state index contributed by atoms with van der Waals surface area (Å²) < 4.78 is 0. The second-order valence-electron chi connectivity index (χ2n) is 3.89. The van der Waals surface area contributed by atoms with Gasteiger partial charge in [-0.1, -0.05) is 24.3 Å². The van der Waals surface area contributed by atoms with Gasteiger partial charge in [0.25, 0.3) is 0 Å². The highest BCUT2D eigenvalue weighted by molar-refractivity contribution is 5.97. The minimum Gasteiger partial charge on any atom is -0.366 e. The van der Waals surface area contributed by atoms with Crippen molar-refractivity contribution >= 4 is 12.0 Å². The number of allylic oxidation sites excluding steroid dienone is 1. The van der Waals surface area contributed by atoms with E-state index >= 15 is 0 Å². The lowest BCUT2D eigenvalue weighted by Gasteiger charge is -2.11. The minimum atomic E-state index is -0.336. The summed E-state index contributed by atoms with van der Waals surface area (Å²) in [7, 11) is 0. The average Bonchev–Trinajstić information content (AvgIpc) is 2.17. The van der Waals surface area contributed by atoms with Gasteiger partial charge in [-0.05, 0) is 42.9 Å². The Morgan fingerprint density at radius 3 is 2.93 bits per heavy atom. The van der Waals surface area contributed by atoms with Gasteiger partial charge in [-0.15, -0.1) is 0 Å². The van der Waals surface area contributed by atoms with Crippen molar-refractivity contribution in [2.24, 2.45) is 5.73 Å². The van der Waals surface area contributed by atoms with Crippen LogP contribution in [0.3, 0.4) is 0 Å². The minimum absolute atomic E-state index is 0.336. The molecular weight excluding hydrogens is 186 g/mol. The molecule has 0 aromatic heterocycles. The van der Waals surface area contributed by atoms with E-state index in [1.165, 1.54) is 18.4 Å². The van der Waals surface area contributed by atoms with Gasteiger partial charge in [0.2, 0.25) is 5.91 Å². The first-order valence-corrected chi connectivity index (χ1v) is 5.37. The summed E-state index contributed by atoms with van der Waals surface area (Å²) >= 11 is 0. The third-order valence-electron chi connectivity index (χ3n) is 2.81. The molecule has 0 bridgehead atoms. The number of rotatable bonds is 1. The van der Waals surface area contributed by atoms with Crippen LogP contribution in [0.15, 0.2) is 24.3 Å². The van der Waals surface area contributed by atoms with Crippen LogP contribution in [0.2, 0.25) is 0 Å². The van der Waals surface area contributed by atoms with E-state index in [0.717, 1.165) is 18.4 Å². The van der Waals surface area contributed by atoms with Crippen molar-refractivity contribution in [1.29, 1.82) is 0 Å². The van der Waals surface area contributed by atoms with Crippen LogP contribution in [0, 0.1) is 0 Å². The van der Waals surface area contributed by atoms with Gasteiger partial charge in [0.05, 0.1) is 0 Å². The Bertz CT molecular complexity index is 407. The molecule has 1 aromatic carbocycles. The highest BCUT2D eigenvalue weighted by Gasteiger charge is 2.10. The molecule has 1 aliphatic carbocycles. The summed E-state index contributed by atoms with van der Waals surface area (Å²) in [5.74, 6) is -0.336. The lowest BCUT2D eigenvalue weighted by molar-refractivity contribution is 0.1000. The van der Waals surface area contributed by atoms with Crippen molar-refractivity contribution < 1.29 is 4.79 Å². The number of primary amides is 1. The maximum absolute atomic E-state index is 11.3. The van der Waals surface area contributed by atoms with Crippen LogP contribution < -0.4 is 5.73 Å². The molecule has 0 saturated heterocycles. The Morgan fingerprint density at radius 2 is 2.13 bits per heavy atom. The Kier molecular flexibility index (Phi) is 2.86. The molecule has 78 valence electrons. The smallest absolute Gasteiger partial charge is 0.249 e. The first kappa shape index (κ1) is 9.97. The molecule has 1 aliphatic rings. The SMILES string of the molecule is NC(=O)c1cccc2c1/C=C\CCCC2. The van der Waals surface area contributed by atoms with Gasteiger partial charge < -0.3 is 5.73 Å². The molecule has 15 heavy (non-hydrogen) atoms. The van der Waals surface area contributed by atoms with Crippen LogP contribution in [0.5, 0.6) is 0 Å². The molecule has 2 nitrogen and oxygen atoms in total. The summed E-state index contributed by atoms with van der Waals surface area (Å²) in [5.41, 5.74) is 8.26. The normalized spacial score (nSPS) is 17.3. The fourth-order valence-corrected chi connectivity index (χ4v) is 2.02. The predicted octanol–water partition coefficient (Wildman–Crippen LogP) is 2.53. The summed E-state index contributed by atoms with van der Waals surface area (Å²) in [4.78, 5) is 11.3. The zero-order valence-corrected chi connectivity index (χ0v) is 8.70. The van der Waals surface area contributed by atoms with Crippen LogP contribution in [0.25, 0.3) is 6.08 Å². The van der Waals surface area contributed by atoms with Gasteiger partial charge >= 0.3 is 0 Å². The Labute approximate surface area is 89.8 Å². The van der Waals surface area contributed by atoms with Gasteiger partial charge in [-0.25, -0.2) is 0 Å². The number of carbonyl (C=O) groups is 1. The molecule has 0 unspecified atom stereocenters. The fourth-order valence-electron chi connectivity index (χ4n) is 2.02. The number of hydrogen-bond acceptors (Lipinski definition) is 1. The molecule has 2 N–H and O–H groups in total. The van der Waals surface area contributed by atoms with Crippen molar-refractivity contribution in [3.05, 3.63) is 41.0 Å². The van der Waals surface area contributed by atoms with Crippen LogP contribution in [-0.2, 0) is 6.42 Å². The third kappa shape index (κ3) is 2.09. The number of amides is 1. The summed E-state index contributed by atoms with van der Waals surface area (Å²) in [6.45, 7) is 0. The number of hydrogen-bond donors (Lipinski definition) is 1. The first-order chi connectivity index (χ1) is 7.29. The van der Waals surface area contributed by atoms with E-state index < -0.39 is 0 Å². The number of benzene rings is 1. The monoisotopic (exact) mass is 201 g/mol. The molecule has 1 aromatic rings. The maximum atomic E-state index is 11.3. The number of fused-ring (bicyclic) bond motifs is 1. The van der Waals surface area contributed by atoms with Gasteiger partial charge in [0.15, 0.2) is 0 Å². The second-order valence-corrected chi connectivity index (χ2v) is 3.89. The molecule has 0 radical (unpaired) electrons. The zero-order chi connectivity index (χ0) is 10.7. The molecule has 0 atom stereocenters. The predicted molar refractivity (Wildman–Crippen MR) is 61.5 cm³/mol. The average molecular weight is 201 g/mol. The van der Waals surface area contributed by atoms with Gasteiger partial charge in [-0.2, -0.15) is 0 Å². The topological polar surface area (TPSA) is 43.1 Å². The van der Waals surface area contributed by atoms with Crippen molar-refractivity contribution in [1.82, 2.24) is 0 Å². The van der Waals surface area contributed by atoms with Crippen molar-refractivity contribution in [2.45, 2.75) is 25.7 Å². The lowest BCUT2D eigenvalue weighted by Crippen LogP contribution is -2.13. The van der Waals surface area contributed by atoms with E-state index in [1.807, 2.05) is 12.1 Å². The van der Waals surface area contributed by atoms with Crippen molar-refractivity contribution in [3.8, 4) is 0 Å². The molecule has 1 amide bonds. The number of nitrogens with two attached hydrogens (primary N) is 1. The van der Waals surface area contributed by atoms with E-state index in [4.69, 9.17) is 5.73 Å². The Morgan fingerprint density at radius 1 is 1.27 bits per heavy atom. The van der Waals surface area contributed by atoms with E-state index in [-0.39, 0.29) is 5.91 Å². The molecule has 0 saturated carbocycles. The molecule has 0 fully saturated rings. The largest absolute Gasteiger partial charge is 0.366 e. The quantitative estimate of drug-likeness (QED) is 0.745. The highest BCUT2D eigenvalue weighted by Crippen LogP contribution is 2.21. The van der Waals surface area contributed by atoms with Crippen molar-refractivity contribution in [3.63, 3.8) is 0 Å². The Hall–Kier alpha value is -1.57. The molecule has 2 rings (SSSR count). The summed E-state index contributed by atoms with van der Waals surface area (Å²) in [6, 6.07) is 5.79. The van der Waals surface area contributed by atoms with E-state index in [9.17, 15) is 4.79 Å². The van der Waals surface area contributed by atoms with E-state index in [1.54, 1.807) is 6.07 Å². The van der Waals surface area contributed by atoms with Gasteiger partial charge in [-0.3, -0.25) is 4.79 Å². The molecular formula is C13H15NO. The number of carbonyl (C=O) groups excluding carboxylic acids is 1. The maximum Gasteiger partial charge on any atom is 0.249 e. The highest BCUT2D eigenvalue weighted by atomic mass is 16.1. The van der Waals surface area contributed by atoms with Crippen LogP contribution in [0.1, 0.15) is 40.7 Å². The molecule has 0 aliphatic heterocycles. The van der Waals surface area contributed by atoms with Crippen molar-refractivity contribution in [2.75, 3.05) is 0 Å². The van der Waals surface area contributed by atoms with Crippen LogP contribution >= 0.6 is 0 Å². The van der Waals surface area contributed by atoms with Gasteiger partial charge in [0.1, 0.15) is 0 Å². The van der Waals surface area contributed by atoms with E-state index in [2.05, 4.69) is 12.1 Å². The summed E-state index contributed by atoms with van der Waals surface area (Å²) in [6.07, 6.45) is 8.70. The summed E-state index contributed by atoms with van der Waals surface area (Å²) in [5, 5.41) is 0. The fraction of sp³-hybridized carbons (Fsp3) is 0.308. The first-order valence-electron chi connectivity index (χ1n) is 5.37. The third-order valence-corrected chi connectivity index (χ3v) is 2.81. The standard InChI is InChI=1S/C13H15NO/c14-13(15)12-9-5-7-10-6-3-1-2-4-8-11(10)12/h4-5,7-9H,1-3,6H2,(H2,14,15)/b8-4-. The lowest BCUT2D eigenvalue weighted by atomic mass is 9.94. The van der Waals surface area contributed by atoms with E-state index in [0.29, 0.717) is 5.56 Å². The number of aryl methyl sites for hydroxylation is 1. The molecule has 2 heteroatoms. The molecule has 0 heterocycles. The van der Waals surface area contributed by atoms with Gasteiger partial charge in [0, 0.05) is 5.56 Å². The second kappa shape index (κ2) is 4.30.